The summed E-state index contributed by atoms with van der Waals surface area (Å²) < 4.78 is 15.5. The van der Waals surface area contributed by atoms with E-state index in [9.17, 15) is 9.59 Å². The van der Waals surface area contributed by atoms with Gasteiger partial charge in [-0.05, 0) is 45.9 Å². The summed E-state index contributed by atoms with van der Waals surface area (Å²) in [6.07, 6.45) is 0. The molecule has 0 aromatic heterocycles. The molecule has 0 bridgehead atoms. The first-order valence-electron chi connectivity index (χ1n) is 6.68. The minimum atomic E-state index is -0.873. The number of methoxy groups -OCH3 is 2. The Morgan fingerprint density at radius 2 is 1.62 bits per heavy atom. The Morgan fingerprint density at radius 3 is 2.10 bits per heavy atom. The number of ether oxygens (including phenoxy) is 3. The standard InChI is InChI=1S/C16H22O5/c1-10(15(18)21-16(2,3)4)14(17)11-7-8-12(19-5)13(9-11)20-6/h7-10H,1-6H3. The van der Waals surface area contributed by atoms with Gasteiger partial charge in [0.05, 0.1) is 14.2 Å². The molecule has 0 aliphatic rings. The predicted molar refractivity (Wildman–Crippen MR) is 78.9 cm³/mol. The van der Waals surface area contributed by atoms with Crippen molar-refractivity contribution in [2.45, 2.75) is 33.3 Å². The van der Waals surface area contributed by atoms with Gasteiger partial charge in [-0.15, -0.1) is 0 Å². The van der Waals surface area contributed by atoms with Crippen molar-refractivity contribution in [3.05, 3.63) is 23.8 Å². The number of rotatable bonds is 5. The van der Waals surface area contributed by atoms with Crippen LogP contribution in [-0.4, -0.2) is 31.6 Å². The van der Waals surface area contributed by atoms with Crippen LogP contribution in [0.5, 0.6) is 11.5 Å². The van der Waals surface area contributed by atoms with E-state index in [1.807, 2.05) is 0 Å². The van der Waals surface area contributed by atoms with Crippen molar-refractivity contribution in [1.29, 1.82) is 0 Å². The van der Waals surface area contributed by atoms with Gasteiger partial charge in [0, 0.05) is 5.56 Å². The predicted octanol–water partition coefficient (Wildman–Crippen LogP) is 2.86. The van der Waals surface area contributed by atoms with Crippen molar-refractivity contribution in [3.8, 4) is 11.5 Å². The van der Waals surface area contributed by atoms with Crippen LogP contribution in [0.3, 0.4) is 0 Å². The number of carbonyl (C=O) groups is 2. The largest absolute Gasteiger partial charge is 0.493 e. The van der Waals surface area contributed by atoms with Gasteiger partial charge in [0.2, 0.25) is 0 Å². The lowest BCUT2D eigenvalue weighted by Gasteiger charge is -2.22. The Hall–Kier alpha value is -2.04. The highest BCUT2D eigenvalue weighted by Gasteiger charge is 2.28. The summed E-state index contributed by atoms with van der Waals surface area (Å²) in [6, 6.07) is 4.79. The number of hydrogen-bond acceptors (Lipinski definition) is 5. The van der Waals surface area contributed by atoms with E-state index >= 15 is 0 Å². The van der Waals surface area contributed by atoms with E-state index in [0.29, 0.717) is 17.1 Å². The number of hydrogen-bond donors (Lipinski definition) is 0. The van der Waals surface area contributed by atoms with Crippen molar-refractivity contribution in [3.63, 3.8) is 0 Å². The van der Waals surface area contributed by atoms with Crippen LogP contribution >= 0.6 is 0 Å². The molecule has 0 fully saturated rings. The van der Waals surface area contributed by atoms with Crippen molar-refractivity contribution >= 4 is 11.8 Å². The van der Waals surface area contributed by atoms with Crippen molar-refractivity contribution in [2.75, 3.05) is 14.2 Å². The molecule has 0 aliphatic heterocycles. The van der Waals surface area contributed by atoms with E-state index < -0.39 is 17.5 Å². The normalized spacial score (nSPS) is 12.5. The van der Waals surface area contributed by atoms with E-state index in [0.717, 1.165) is 0 Å². The average Bonchev–Trinajstić information content (AvgIpc) is 2.43. The summed E-state index contributed by atoms with van der Waals surface area (Å²) in [5.74, 6) is -0.756. The molecule has 0 spiro atoms. The fourth-order valence-corrected chi connectivity index (χ4v) is 1.74. The fraction of sp³-hybridized carbons (Fsp3) is 0.500. The molecule has 0 saturated carbocycles. The third-order valence-corrected chi connectivity index (χ3v) is 2.82. The molecule has 1 rings (SSSR count). The van der Waals surface area contributed by atoms with Gasteiger partial charge in [-0.1, -0.05) is 0 Å². The van der Waals surface area contributed by atoms with Crippen LogP contribution in [0.1, 0.15) is 38.1 Å². The zero-order valence-electron chi connectivity index (χ0n) is 13.4. The van der Waals surface area contributed by atoms with Crippen molar-refractivity contribution < 1.29 is 23.8 Å². The molecule has 5 heteroatoms. The molecule has 0 aliphatic carbocycles. The number of esters is 1. The zero-order valence-corrected chi connectivity index (χ0v) is 13.4. The fourth-order valence-electron chi connectivity index (χ4n) is 1.74. The van der Waals surface area contributed by atoms with E-state index in [1.165, 1.54) is 21.1 Å². The van der Waals surface area contributed by atoms with Crippen molar-refractivity contribution in [1.82, 2.24) is 0 Å². The highest BCUT2D eigenvalue weighted by molar-refractivity contribution is 6.08. The minimum absolute atomic E-state index is 0.315. The number of benzene rings is 1. The molecule has 0 amide bonds. The molecular weight excluding hydrogens is 272 g/mol. The maximum Gasteiger partial charge on any atom is 0.317 e. The second-order valence-corrected chi connectivity index (χ2v) is 5.69. The van der Waals surface area contributed by atoms with Gasteiger partial charge in [-0.25, -0.2) is 0 Å². The van der Waals surface area contributed by atoms with Gasteiger partial charge in [0.15, 0.2) is 17.3 Å². The molecule has 1 aromatic rings. The molecular formula is C16H22O5. The van der Waals surface area contributed by atoms with E-state index in [-0.39, 0.29) is 5.78 Å². The van der Waals surface area contributed by atoms with E-state index in [2.05, 4.69) is 0 Å². The number of ketones is 1. The highest BCUT2D eigenvalue weighted by Crippen LogP contribution is 2.28. The van der Waals surface area contributed by atoms with E-state index in [4.69, 9.17) is 14.2 Å². The highest BCUT2D eigenvalue weighted by atomic mass is 16.6. The third-order valence-electron chi connectivity index (χ3n) is 2.82. The van der Waals surface area contributed by atoms with Gasteiger partial charge in [0.25, 0.3) is 0 Å². The van der Waals surface area contributed by atoms with Crippen LogP contribution in [-0.2, 0) is 9.53 Å². The SMILES string of the molecule is COc1ccc(C(=O)C(C)C(=O)OC(C)(C)C)cc1OC. The second kappa shape index (κ2) is 6.61. The van der Waals surface area contributed by atoms with Gasteiger partial charge in [-0.2, -0.15) is 0 Å². The van der Waals surface area contributed by atoms with Gasteiger partial charge in [0.1, 0.15) is 11.5 Å². The summed E-state index contributed by atoms with van der Waals surface area (Å²) in [4.78, 5) is 24.3. The first-order valence-corrected chi connectivity index (χ1v) is 6.68. The molecule has 1 unspecified atom stereocenters. The van der Waals surface area contributed by atoms with Gasteiger partial charge >= 0.3 is 5.97 Å². The molecule has 1 atom stereocenters. The summed E-state index contributed by atoms with van der Waals surface area (Å²) in [5.41, 5.74) is -0.241. The lowest BCUT2D eigenvalue weighted by Crippen LogP contribution is -2.31. The van der Waals surface area contributed by atoms with Gasteiger partial charge < -0.3 is 14.2 Å². The number of carbonyl (C=O) groups excluding carboxylic acids is 2. The summed E-state index contributed by atoms with van der Waals surface area (Å²) in [6.45, 7) is 6.82. The summed E-state index contributed by atoms with van der Waals surface area (Å²) >= 11 is 0. The second-order valence-electron chi connectivity index (χ2n) is 5.69. The molecule has 0 saturated heterocycles. The first-order chi connectivity index (χ1) is 9.69. The van der Waals surface area contributed by atoms with Crippen LogP contribution < -0.4 is 9.47 Å². The smallest absolute Gasteiger partial charge is 0.317 e. The minimum Gasteiger partial charge on any atom is -0.493 e. The lowest BCUT2D eigenvalue weighted by atomic mass is 9.98. The Morgan fingerprint density at radius 1 is 1.05 bits per heavy atom. The molecule has 21 heavy (non-hydrogen) atoms. The molecule has 0 heterocycles. The lowest BCUT2D eigenvalue weighted by molar-refractivity contribution is -0.157. The molecule has 0 N–H and O–H groups in total. The summed E-state index contributed by atoms with van der Waals surface area (Å²) in [5, 5.41) is 0. The summed E-state index contributed by atoms with van der Waals surface area (Å²) in [7, 11) is 3.01. The molecule has 116 valence electrons. The quantitative estimate of drug-likeness (QED) is 0.475. The van der Waals surface area contributed by atoms with E-state index in [1.54, 1.807) is 39.0 Å². The van der Waals surface area contributed by atoms with Crippen LogP contribution in [0.2, 0.25) is 0 Å². The third kappa shape index (κ3) is 4.48. The van der Waals surface area contributed by atoms with Crippen LogP contribution in [0.15, 0.2) is 18.2 Å². The maximum atomic E-state index is 12.3. The Labute approximate surface area is 125 Å². The maximum absolute atomic E-state index is 12.3. The molecule has 1 aromatic carbocycles. The Kier molecular flexibility index (Phi) is 5.35. The first kappa shape index (κ1) is 17.0. The molecule has 5 nitrogen and oxygen atoms in total. The van der Waals surface area contributed by atoms with Crippen LogP contribution in [0, 0.1) is 5.92 Å². The molecule has 0 radical (unpaired) electrons. The van der Waals surface area contributed by atoms with Crippen LogP contribution in [0.4, 0.5) is 0 Å². The average molecular weight is 294 g/mol. The van der Waals surface area contributed by atoms with Gasteiger partial charge in [-0.3, -0.25) is 9.59 Å². The monoisotopic (exact) mass is 294 g/mol. The Bertz CT molecular complexity index is 528. The van der Waals surface area contributed by atoms with Crippen LogP contribution in [0.25, 0.3) is 0 Å². The van der Waals surface area contributed by atoms with Crippen molar-refractivity contribution in [2.24, 2.45) is 5.92 Å². The Balaban J connectivity index is 2.95. The zero-order chi connectivity index (χ0) is 16.2. The topological polar surface area (TPSA) is 61.8 Å². The number of Topliss-reactive ketones (excluding diaryl/α,β-unsaturated/α-hetero) is 1.